The average molecular weight is 259 g/mol. The van der Waals surface area contributed by atoms with Gasteiger partial charge in [0.25, 0.3) is 0 Å². The van der Waals surface area contributed by atoms with E-state index in [2.05, 4.69) is 17.2 Å². The average Bonchev–Trinajstić information content (AvgIpc) is 2.39. The third-order valence-electron chi connectivity index (χ3n) is 2.37. The molecule has 1 aromatic rings. The van der Waals surface area contributed by atoms with Crippen molar-refractivity contribution >= 4 is 17.6 Å². The number of nitrogens with one attached hydrogen (secondary N) is 1. The quantitative estimate of drug-likeness (QED) is 0.670. The topological polar surface area (TPSA) is 55.4 Å². The maximum atomic E-state index is 11.7. The van der Waals surface area contributed by atoms with Crippen molar-refractivity contribution in [2.24, 2.45) is 0 Å². The van der Waals surface area contributed by atoms with Crippen LogP contribution in [-0.4, -0.2) is 19.0 Å². The highest BCUT2D eigenvalue weighted by atomic mass is 16.5. The van der Waals surface area contributed by atoms with Crippen LogP contribution in [0.15, 0.2) is 18.2 Å². The van der Waals surface area contributed by atoms with Crippen LogP contribution >= 0.6 is 0 Å². The van der Waals surface area contributed by atoms with E-state index in [1.54, 1.807) is 18.2 Å². The van der Waals surface area contributed by atoms with Gasteiger partial charge >= 0.3 is 5.97 Å². The molecular formula is C15H17NO3. The molecular weight excluding hydrogens is 242 g/mol. The summed E-state index contributed by atoms with van der Waals surface area (Å²) < 4.78 is 4.70. The third-order valence-corrected chi connectivity index (χ3v) is 2.37. The number of hydrogen-bond acceptors (Lipinski definition) is 3. The molecule has 19 heavy (non-hydrogen) atoms. The second kappa shape index (κ2) is 7.22. The third kappa shape index (κ3) is 4.14. The fourth-order valence-corrected chi connectivity index (χ4v) is 1.53. The lowest BCUT2D eigenvalue weighted by Crippen LogP contribution is -2.13. The monoisotopic (exact) mass is 259 g/mol. The van der Waals surface area contributed by atoms with E-state index in [0.29, 0.717) is 16.8 Å². The normalized spacial score (nSPS) is 9.21. The van der Waals surface area contributed by atoms with E-state index >= 15 is 0 Å². The largest absolute Gasteiger partial charge is 0.465 e. The number of benzene rings is 1. The second-order valence-electron chi connectivity index (χ2n) is 3.95. The zero-order valence-corrected chi connectivity index (χ0v) is 11.4. The van der Waals surface area contributed by atoms with Gasteiger partial charge in [0.1, 0.15) is 0 Å². The van der Waals surface area contributed by atoms with Crippen LogP contribution in [0.1, 0.15) is 42.6 Å². The molecule has 4 heteroatoms. The first-order valence-corrected chi connectivity index (χ1v) is 6.08. The van der Waals surface area contributed by atoms with Crippen molar-refractivity contribution in [2.45, 2.75) is 26.7 Å². The first kappa shape index (κ1) is 14.8. The van der Waals surface area contributed by atoms with Crippen molar-refractivity contribution in [3.63, 3.8) is 0 Å². The van der Waals surface area contributed by atoms with Crippen LogP contribution in [0.4, 0.5) is 5.69 Å². The molecule has 0 unspecified atom stereocenters. The molecule has 0 aliphatic rings. The van der Waals surface area contributed by atoms with Crippen molar-refractivity contribution < 1.29 is 14.3 Å². The molecule has 1 rings (SSSR count). The molecule has 0 fully saturated rings. The lowest BCUT2D eigenvalue weighted by Gasteiger charge is -2.10. The molecule has 0 bridgehead atoms. The van der Waals surface area contributed by atoms with Crippen molar-refractivity contribution in [3.8, 4) is 11.8 Å². The number of rotatable bonds is 3. The number of amides is 1. The Morgan fingerprint density at radius 3 is 2.68 bits per heavy atom. The molecule has 1 aromatic carbocycles. The first-order chi connectivity index (χ1) is 9.10. The van der Waals surface area contributed by atoms with Gasteiger partial charge in [0.05, 0.1) is 18.4 Å². The summed E-state index contributed by atoms with van der Waals surface area (Å²) >= 11 is 0. The van der Waals surface area contributed by atoms with E-state index in [0.717, 1.165) is 12.8 Å². The molecule has 4 nitrogen and oxygen atoms in total. The van der Waals surface area contributed by atoms with Crippen molar-refractivity contribution in [1.29, 1.82) is 0 Å². The Bertz CT molecular complexity index is 538. The number of ether oxygens (including phenoxy) is 1. The number of para-hydroxylation sites is 1. The number of unbranched alkanes of at least 4 members (excludes halogenated alkanes) is 1. The van der Waals surface area contributed by atoms with E-state index in [-0.39, 0.29) is 5.91 Å². The molecule has 100 valence electrons. The molecule has 0 aliphatic carbocycles. The molecule has 0 saturated carbocycles. The van der Waals surface area contributed by atoms with Crippen LogP contribution in [0.2, 0.25) is 0 Å². The van der Waals surface area contributed by atoms with Crippen LogP contribution in [0.5, 0.6) is 0 Å². The molecule has 0 saturated heterocycles. The summed E-state index contributed by atoms with van der Waals surface area (Å²) in [7, 11) is 1.30. The Morgan fingerprint density at radius 2 is 2.11 bits per heavy atom. The Balaban J connectivity index is 3.26. The highest BCUT2D eigenvalue weighted by molar-refractivity contribution is 6.02. The molecule has 1 amide bonds. The predicted molar refractivity (Wildman–Crippen MR) is 73.9 cm³/mol. The number of carbonyl (C=O) groups excluding carboxylic acids is 2. The van der Waals surface area contributed by atoms with Crippen molar-refractivity contribution in [2.75, 3.05) is 12.4 Å². The number of methoxy groups -OCH3 is 1. The summed E-state index contributed by atoms with van der Waals surface area (Å²) in [5.74, 6) is 5.21. The number of carbonyl (C=O) groups is 2. The van der Waals surface area contributed by atoms with Crippen LogP contribution in [0.25, 0.3) is 0 Å². The summed E-state index contributed by atoms with van der Waals surface area (Å²) in [5.41, 5.74) is 1.33. The van der Waals surface area contributed by atoms with Gasteiger partial charge in [0, 0.05) is 18.9 Å². The summed E-state index contributed by atoms with van der Waals surface area (Å²) in [6.07, 6.45) is 1.72. The molecule has 0 aliphatic heterocycles. The van der Waals surface area contributed by atoms with Gasteiger partial charge < -0.3 is 10.1 Å². The number of esters is 1. The highest BCUT2D eigenvalue weighted by Crippen LogP contribution is 2.21. The summed E-state index contributed by atoms with van der Waals surface area (Å²) in [5, 5.41) is 2.64. The molecule has 0 aromatic heterocycles. The molecule has 0 atom stereocenters. The van der Waals surface area contributed by atoms with Gasteiger partial charge in [0.2, 0.25) is 5.91 Å². The highest BCUT2D eigenvalue weighted by Gasteiger charge is 2.15. The fourth-order valence-electron chi connectivity index (χ4n) is 1.53. The summed E-state index contributed by atoms with van der Waals surface area (Å²) in [4.78, 5) is 22.9. The van der Waals surface area contributed by atoms with Gasteiger partial charge in [-0.1, -0.05) is 24.8 Å². The lowest BCUT2D eigenvalue weighted by atomic mass is 10.1. The first-order valence-electron chi connectivity index (χ1n) is 6.08. The van der Waals surface area contributed by atoms with Gasteiger partial charge in [-0.3, -0.25) is 4.79 Å². The molecule has 0 heterocycles. The molecule has 0 radical (unpaired) electrons. The Morgan fingerprint density at radius 1 is 1.37 bits per heavy atom. The van der Waals surface area contributed by atoms with Gasteiger partial charge in [-0.05, 0) is 18.6 Å². The maximum absolute atomic E-state index is 11.7. The van der Waals surface area contributed by atoms with Gasteiger partial charge in [-0.15, -0.1) is 0 Å². The molecule has 0 spiro atoms. The van der Waals surface area contributed by atoms with Gasteiger partial charge in [-0.2, -0.15) is 0 Å². The van der Waals surface area contributed by atoms with Crippen molar-refractivity contribution in [3.05, 3.63) is 29.3 Å². The minimum atomic E-state index is -0.497. The molecule has 1 N–H and O–H groups in total. The Kier molecular flexibility index (Phi) is 5.62. The smallest absolute Gasteiger partial charge is 0.340 e. The van der Waals surface area contributed by atoms with Crippen LogP contribution in [0.3, 0.4) is 0 Å². The standard InChI is InChI=1S/C15H17NO3/c1-4-5-6-8-12-9-7-10-13(15(18)19-3)14(12)16-11(2)17/h7,9-10H,4-5H2,1-3H3,(H,16,17). The fraction of sp³-hybridized carbons (Fsp3) is 0.333. The van der Waals surface area contributed by atoms with E-state index in [4.69, 9.17) is 4.74 Å². The Hall–Kier alpha value is -2.28. The second-order valence-corrected chi connectivity index (χ2v) is 3.95. The Labute approximate surface area is 113 Å². The minimum absolute atomic E-state index is 0.255. The van der Waals surface area contributed by atoms with E-state index in [9.17, 15) is 9.59 Å². The zero-order chi connectivity index (χ0) is 14.3. The van der Waals surface area contributed by atoms with Gasteiger partial charge in [0.15, 0.2) is 0 Å². The lowest BCUT2D eigenvalue weighted by molar-refractivity contribution is -0.114. The minimum Gasteiger partial charge on any atom is -0.465 e. The zero-order valence-electron chi connectivity index (χ0n) is 11.4. The predicted octanol–water partition coefficient (Wildman–Crippen LogP) is 2.58. The number of hydrogen-bond donors (Lipinski definition) is 1. The van der Waals surface area contributed by atoms with Crippen LogP contribution < -0.4 is 5.32 Å². The van der Waals surface area contributed by atoms with E-state index < -0.39 is 5.97 Å². The summed E-state index contributed by atoms with van der Waals surface area (Å²) in [6.45, 7) is 3.42. The maximum Gasteiger partial charge on any atom is 0.340 e. The summed E-state index contributed by atoms with van der Waals surface area (Å²) in [6, 6.07) is 5.08. The van der Waals surface area contributed by atoms with E-state index in [1.807, 2.05) is 6.92 Å². The van der Waals surface area contributed by atoms with E-state index in [1.165, 1.54) is 14.0 Å². The number of anilines is 1. The van der Waals surface area contributed by atoms with Gasteiger partial charge in [-0.25, -0.2) is 4.79 Å². The van der Waals surface area contributed by atoms with Crippen LogP contribution in [-0.2, 0) is 9.53 Å². The SMILES string of the molecule is CCCC#Cc1cccc(C(=O)OC)c1NC(C)=O. The van der Waals surface area contributed by atoms with Crippen LogP contribution in [0, 0.1) is 11.8 Å². The van der Waals surface area contributed by atoms with Crippen molar-refractivity contribution in [1.82, 2.24) is 0 Å².